The quantitative estimate of drug-likeness (QED) is 0.820. The molecular formula is C9H7ClF2O3. The fourth-order valence-corrected chi connectivity index (χ4v) is 1.39. The first-order valence-corrected chi connectivity index (χ1v) is 4.25. The zero-order valence-corrected chi connectivity index (χ0v) is 8.44. The number of carboxylic acid groups (broad SMARTS) is 1. The Morgan fingerprint density at radius 2 is 2.20 bits per heavy atom. The Morgan fingerprint density at radius 1 is 1.60 bits per heavy atom. The van der Waals surface area contributed by atoms with Crippen molar-refractivity contribution in [3.63, 3.8) is 0 Å². The topological polar surface area (TPSA) is 46.5 Å². The molecule has 1 N–H and O–H groups in total. The van der Waals surface area contributed by atoms with Gasteiger partial charge in [0, 0.05) is 12.7 Å². The van der Waals surface area contributed by atoms with E-state index in [-0.39, 0.29) is 17.2 Å². The van der Waals surface area contributed by atoms with Crippen LogP contribution in [-0.4, -0.2) is 18.2 Å². The van der Waals surface area contributed by atoms with E-state index in [1.54, 1.807) is 0 Å². The molecule has 0 unspecified atom stereocenters. The van der Waals surface area contributed by atoms with E-state index < -0.39 is 23.2 Å². The summed E-state index contributed by atoms with van der Waals surface area (Å²) in [6.45, 7) is -0.197. The van der Waals surface area contributed by atoms with E-state index in [0.29, 0.717) is 0 Å². The number of carbonyl (C=O) groups is 1. The summed E-state index contributed by atoms with van der Waals surface area (Å²) in [7, 11) is 1.29. The predicted molar refractivity (Wildman–Crippen MR) is 49.0 cm³/mol. The minimum absolute atomic E-state index is 0.0782. The zero-order valence-electron chi connectivity index (χ0n) is 7.68. The van der Waals surface area contributed by atoms with Gasteiger partial charge in [-0.1, -0.05) is 11.6 Å². The summed E-state index contributed by atoms with van der Waals surface area (Å²) in [5, 5.41) is 8.53. The molecule has 15 heavy (non-hydrogen) atoms. The maximum absolute atomic E-state index is 13.1. The van der Waals surface area contributed by atoms with Gasteiger partial charge in [-0.25, -0.2) is 13.6 Å². The Hall–Kier alpha value is -1.20. The number of rotatable bonds is 3. The largest absolute Gasteiger partial charge is 0.478 e. The molecule has 0 aliphatic carbocycles. The SMILES string of the molecule is COCc1c(Cl)cc(F)c(F)c1C(=O)O. The first kappa shape index (κ1) is 11.9. The van der Waals surface area contributed by atoms with E-state index in [0.717, 1.165) is 6.07 Å². The smallest absolute Gasteiger partial charge is 0.339 e. The molecule has 0 fully saturated rings. The second-order valence-corrected chi connectivity index (χ2v) is 3.15. The molecule has 0 heterocycles. The minimum Gasteiger partial charge on any atom is -0.478 e. The molecule has 0 spiro atoms. The van der Waals surface area contributed by atoms with Crippen LogP contribution >= 0.6 is 11.6 Å². The highest BCUT2D eigenvalue weighted by atomic mass is 35.5. The van der Waals surface area contributed by atoms with Gasteiger partial charge in [0.15, 0.2) is 11.6 Å². The van der Waals surface area contributed by atoms with Crippen molar-refractivity contribution < 1.29 is 23.4 Å². The number of methoxy groups -OCH3 is 1. The zero-order chi connectivity index (χ0) is 11.6. The summed E-state index contributed by atoms with van der Waals surface area (Å²) in [4.78, 5) is 10.7. The first-order valence-electron chi connectivity index (χ1n) is 3.87. The van der Waals surface area contributed by atoms with Crippen LogP contribution < -0.4 is 0 Å². The average molecular weight is 237 g/mol. The Bertz CT molecular complexity index is 407. The van der Waals surface area contributed by atoms with Gasteiger partial charge in [0.1, 0.15) is 5.56 Å². The van der Waals surface area contributed by atoms with Gasteiger partial charge in [-0.3, -0.25) is 0 Å². The van der Waals surface area contributed by atoms with Crippen LogP contribution in [0.2, 0.25) is 5.02 Å². The van der Waals surface area contributed by atoms with Crippen LogP contribution in [0.5, 0.6) is 0 Å². The van der Waals surface area contributed by atoms with Gasteiger partial charge >= 0.3 is 5.97 Å². The number of carboxylic acids is 1. The molecule has 0 amide bonds. The maximum Gasteiger partial charge on any atom is 0.339 e. The normalized spacial score (nSPS) is 10.4. The van der Waals surface area contributed by atoms with E-state index in [1.807, 2.05) is 0 Å². The number of halogens is 3. The number of hydrogen-bond donors (Lipinski definition) is 1. The minimum atomic E-state index is -1.58. The summed E-state index contributed by atoms with van der Waals surface area (Å²) in [6, 6.07) is 0.720. The molecular weight excluding hydrogens is 230 g/mol. The van der Waals surface area contributed by atoms with Crippen molar-refractivity contribution in [2.75, 3.05) is 7.11 Å². The van der Waals surface area contributed by atoms with Crippen molar-refractivity contribution >= 4 is 17.6 Å². The van der Waals surface area contributed by atoms with Crippen molar-refractivity contribution in [3.8, 4) is 0 Å². The molecule has 0 saturated carbocycles. The second kappa shape index (κ2) is 4.55. The van der Waals surface area contributed by atoms with E-state index in [9.17, 15) is 13.6 Å². The highest BCUT2D eigenvalue weighted by Crippen LogP contribution is 2.26. The summed E-state index contributed by atoms with van der Waals surface area (Å²) in [5.41, 5.74) is -0.868. The van der Waals surface area contributed by atoms with E-state index in [4.69, 9.17) is 16.7 Å². The van der Waals surface area contributed by atoms with Crippen molar-refractivity contribution in [3.05, 3.63) is 33.9 Å². The number of benzene rings is 1. The average Bonchev–Trinajstić information content (AvgIpc) is 2.14. The van der Waals surface area contributed by atoms with Gasteiger partial charge in [-0.15, -0.1) is 0 Å². The van der Waals surface area contributed by atoms with Gasteiger partial charge in [0.25, 0.3) is 0 Å². The fourth-order valence-electron chi connectivity index (χ4n) is 1.14. The third kappa shape index (κ3) is 2.24. The van der Waals surface area contributed by atoms with Crippen molar-refractivity contribution in [2.24, 2.45) is 0 Å². The number of hydrogen-bond acceptors (Lipinski definition) is 2. The lowest BCUT2D eigenvalue weighted by Crippen LogP contribution is -2.09. The fraction of sp³-hybridized carbons (Fsp3) is 0.222. The maximum atomic E-state index is 13.1. The van der Waals surface area contributed by atoms with Crippen LogP contribution in [0, 0.1) is 11.6 Å². The van der Waals surface area contributed by atoms with Gasteiger partial charge in [-0.05, 0) is 6.07 Å². The molecule has 3 nitrogen and oxygen atoms in total. The molecule has 0 saturated heterocycles. The highest BCUT2D eigenvalue weighted by molar-refractivity contribution is 6.31. The van der Waals surface area contributed by atoms with Crippen LogP contribution in [0.1, 0.15) is 15.9 Å². The third-order valence-electron chi connectivity index (χ3n) is 1.78. The molecule has 0 aliphatic heterocycles. The third-order valence-corrected chi connectivity index (χ3v) is 2.11. The molecule has 0 radical (unpaired) electrons. The Kier molecular flexibility index (Phi) is 3.60. The van der Waals surface area contributed by atoms with E-state index >= 15 is 0 Å². The van der Waals surface area contributed by atoms with Crippen molar-refractivity contribution in [2.45, 2.75) is 6.61 Å². The molecule has 0 aliphatic rings. The van der Waals surface area contributed by atoms with Gasteiger partial charge in [0.2, 0.25) is 0 Å². The second-order valence-electron chi connectivity index (χ2n) is 2.75. The summed E-state index contributed by atoms with van der Waals surface area (Å²) < 4.78 is 30.7. The standard InChI is InChI=1S/C9H7ClF2O3/c1-15-3-4-5(10)2-6(11)8(12)7(4)9(13)14/h2H,3H2,1H3,(H,13,14). The molecule has 0 atom stereocenters. The Balaban J connectivity index is 3.47. The van der Waals surface area contributed by atoms with Crippen LogP contribution in [0.15, 0.2) is 6.07 Å². The predicted octanol–water partition coefficient (Wildman–Crippen LogP) is 2.46. The van der Waals surface area contributed by atoms with Crippen LogP contribution in [0.25, 0.3) is 0 Å². The molecule has 0 bridgehead atoms. The van der Waals surface area contributed by atoms with E-state index in [1.165, 1.54) is 7.11 Å². The summed E-state index contributed by atoms with van der Waals surface area (Å²) >= 11 is 5.58. The number of ether oxygens (including phenoxy) is 1. The Labute approximate surface area is 89.2 Å². The molecule has 0 aromatic heterocycles. The van der Waals surface area contributed by atoms with E-state index in [2.05, 4.69) is 4.74 Å². The van der Waals surface area contributed by atoms with Crippen molar-refractivity contribution in [1.29, 1.82) is 0 Å². The molecule has 1 aromatic carbocycles. The van der Waals surface area contributed by atoms with Gasteiger partial charge in [0.05, 0.1) is 11.6 Å². The molecule has 1 rings (SSSR count). The first-order chi connectivity index (χ1) is 6.99. The van der Waals surface area contributed by atoms with Crippen LogP contribution in [-0.2, 0) is 11.3 Å². The highest BCUT2D eigenvalue weighted by Gasteiger charge is 2.22. The van der Waals surface area contributed by atoms with Gasteiger partial charge < -0.3 is 9.84 Å². The lowest BCUT2D eigenvalue weighted by atomic mass is 10.1. The summed E-state index contributed by atoms with van der Waals surface area (Å²) in [5.74, 6) is -4.31. The Morgan fingerprint density at radius 3 is 2.67 bits per heavy atom. The van der Waals surface area contributed by atoms with Crippen molar-refractivity contribution in [1.82, 2.24) is 0 Å². The summed E-state index contributed by atoms with van der Waals surface area (Å²) in [6.07, 6.45) is 0. The monoisotopic (exact) mass is 236 g/mol. The lowest BCUT2D eigenvalue weighted by Gasteiger charge is -2.09. The van der Waals surface area contributed by atoms with Gasteiger partial charge in [-0.2, -0.15) is 0 Å². The molecule has 82 valence electrons. The number of aromatic carboxylic acids is 1. The lowest BCUT2D eigenvalue weighted by molar-refractivity contribution is 0.0685. The molecule has 1 aromatic rings. The van der Waals surface area contributed by atoms with Crippen LogP contribution in [0.4, 0.5) is 8.78 Å². The van der Waals surface area contributed by atoms with Crippen LogP contribution in [0.3, 0.4) is 0 Å². The molecule has 6 heteroatoms.